The van der Waals surface area contributed by atoms with Gasteiger partial charge in [-0.1, -0.05) is 6.08 Å². The van der Waals surface area contributed by atoms with Gasteiger partial charge in [0.15, 0.2) is 0 Å². The van der Waals surface area contributed by atoms with Crippen molar-refractivity contribution in [3.63, 3.8) is 0 Å². The average molecular weight is 266 g/mol. The minimum atomic E-state index is -0.388. The highest BCUT2D eigenvalue weighted by molar-refractivity contribution is 5.80. The van der Waals surface area contributed by atoms with Crippen LogP contribution in [0.4, 0.5) is 0 Å². The molecule has 4 heteroatoms. The van der Waals surface area contributed by atoms with Gasteiger partial charge in [-0.3, -0.25) is 9.69 Å². The third-order valence-electron chi connectivity index (χ3n) is 3.74. The summed E-state index contributed by atoms with van der Waals surface area (Å²) in [5.41, 5.74) is 1.24. The SMILES string of the molecule is CC(O)CN(C)CC(=O)N(C1=CCCCC1)C1CC1. The summed E-state index contributed by atoms with van der Waals surface area (Å²) < 4.78 is 0. The van der Waals surface area contributed by atoms with E-state index in [1.165, 1.54) is 18.5 Å². The van der Waals surface area contributed by atoms with Gasteiger partial charge in [-0.15, -0.1) is 0 Å². The molecule has 1 saturated carbocycles. The molecule has 0 bridgehead atoms. The third-order valence-corrected chi connectivity index (χ3v) is 3.74. The van der Waals surface area contributed by atoms with Crippen LogP contribution in [0.1, 0.15) is 45.4 Å². The van der Waals surface area contributed by atoms with Gasteiger partial charge in [-0.2, -0.15) is 0 Å². The zero-order valence-corrected chi connectivity index (χ0v) is 12.1. The van der Waals surface area contributed by atoms with Crippen LogP contribution in [0.3, 0.4) is 0 Å². The molecule has 1 fully saturated rings. The number of rotatable bonds is 6. The van der Waals surface area contributed by atoms with Crippen LogP contribution in [-0.2, 0) is 4.79 Å². The topological polar surface area (TPSA) is 43.8 Å². The second-order valence-electron chi connectivity index (χ2n) is 5.98. The van der Waals surface area contributed by atoms with Gasteiger partial charge >= 0.3 is 0 Å². The van der Waals surface area contributed by atoms with E-state index in [0.29, 0.717) is 19.1 Å². The molecule has 1 unspecified atom stereocenters. The van der Waals surface area contributed by atoms with Gasteiger partial charge in [0.2, 0.25) is 5.91 Å². The van der Waals surface area contributed by atoms with Crippen LogP contribution in [0, 0.1) is 0 Å². The monoisotopic (exact) mass is 266 g/mol. The second kappa shape index (κ2) is 6.53. The van der Waals surface area contributed by atoms with Crippen molar-refractivity contribution in [1.82, 2.24) is 9.80 Å². The lowest BCUT2D eigenvalue weighted by atomic mass is 10.0. The van der Waals surface area contributed by atoms with Crippen LogP contribution in [0.2, 0.25) is 0 Å². The number of nitrogens with zero attached hydrogens (tertiary/aromatic N) is 2. The molecule has 0 aromatic carbocycles. The predicted octanol–water partition coefficient (Wildman–Crippen LogP) is 1.75. The minimum Gasteiger partial charge on any atom is -0.392 e. The summed E-state index contributed by atoms with van der Waals surface area (Å²) in [4.78, 5) is 16.4. The highest BCUT2D eigenvalue weighted by Gasteiger charge is 2.35. The molecule has 0 saturated heterocycles. The van der Waals surface area contributed by atoms with Gasteiger partial charge in [0, 0.05) is 18.3 Å². The normalized spacial score (nSPS) is 21.2. The summed E-state index contributed by atoms with van der Waals surface area (Å²) in [5, 5.41) is 9.37. The van der Waals surface area contributed by atoms with E-state index >= 15 is 0 Å². The number of likely N-dealkylation sites (N-methyl/N-ethyl adjacent to an activating group) is 1. The van der Waals surface area contributed by atoms with Crippen molar-refractivity contribution >= 4 is 5.91 Å². The van der Waals surface area contributed by atoms with Crippen molar-refractivity contribution in [3.8, 4) is 0 Å². The Bertz CT molecular complexity index is 348. The summed E-state index contributed by atoms with van der Waals surface area (Å²) >= 11 is 0. The molecular weight excluding hydrogens is 240 g/mol. The maximum atomic E-state index is 12.5. The number of carbonyl (C=O) groups excluding carboxylic acids is 1. The van der Waals surface area contributed by atoms with Crippen molar-refractivity contribution in [2.45, 2.75) is 57.6 Å². The Hall–Kier alpha value is -0.870. The zero-order valence-electron chi connectivity index (χ0n) is 12.1. The fraction of sp³-hybridized carbons (Fsp3) is 0.800. The molecule has 0 heterocycles. The highest BCUT2D eigenvalue weighted by atomic mass is 16.3. The van der Waals surface area contributed by atoms with E-state index in [-0.39, 0.29) is 12.0 Å². The number of hydrogen-bond acceptors (Lipinski definition) is 3. The number of aliphatic hydroxyl groups is 1. The molecule has 2 rings (SSSR count). The van der Waals surface area contributed by atoms with Crippen LogP contribution >= 0.6 is 0 Å². The fourth-order valence-corrected chi connectivity index (χ4v) is 2.79. The Morgan fingerprint density at radius 2 is 2.21 bits per heavy atom. The van der Waals surface area contributed by atoms with E-state index in [1.807, 2.05) is 16.8 Å². The van der Waals surface area contributed by atoms with E-state index in [2.05, 4.69) is 6.08 Å². The molecule has 0 spiro atoms. The minimum absolute atomic E-state index is 0.193. The molecule has 2 aliphatic carbocycles. The summed E-state index contributed by atoms with van der Waals surface area (Å²) in [6, 6.07) is 0.441. The molecule has 19 heavy (non-hydrogen) atoms. The summed E-state index contributed by atoms with van der Waals surface area (Å²) in [6.45, 7) is 2.70. The summed E-state index contributed by atoms with van der Waals surface area (Å²) in [5.74, 6) is 0.193. The molecular formula is C15H26N2O2. The van der Waals surface area contributed by atoms with Gasteiger partial charge in [0.1, 0.15) is 0 Å². The molecule has 0 aromatic rings. The smallest absolute Gasteiger partial charge is 0.241 e. The largest absolute Gasteiger partial charge is 0.392 e. The number of hydrogen-bond donors (Lipinski definition) is 1. The molecule has 2 aliphatic rings. The van der Waals surface area contributed by atoms with Crippen LogP contribution in [0.5, 0.6) is 0 Å². The molecule has 0 aromatic heterocycles. The first-order valence-electron chi connectivity index (χ1n) is 7.45. The van der Waals surface area contributed by atoms with E-state index in [1.54, 1.807) is 6.92 Å². The lowest BCUT2D eigenvalue weighted by molar-refractivity contribution is -0.131. The maximum absolute atomic E-state index is 12.5. The Balaban J connectivity index is 1.95. The molecule has 1 atom stereocenters. The first-order valence-corrected chi connectivity index (χ1v) is 7.45. The Morgan fingerprint density at radius 3 is 2.74 bits per heavy atom. The van der Waals surface area contributed by atoms with Gasteiger partial charge in [-0.05, 0) is 52.5 Å². The zero-order chi connectivity index (χ0) is 13.8. The van der Waals surface area contributed by atoms with Gasteiger partial charge < -0.3 is 10.0 Å². The van der Waals surface area contributed by atoms with E-state index in [4.69, 9.17) is 0 Å². The Kier molecular flexibility index (Phi) is 4.99. The third kappa shape index (κ3) is 4.32. The maximum Gasteiger partial charge on any atom is 0.241 e. The van der Waals surface area contributed by atoms with Crippen molar-refractivity contribution in [3.05, 3.63) is 11.8 Å². The van der Waals surface area contributed by atoms with Crippen LogP contribution in [-0.4, -0.2) is 53.1 Å². The van der Waals surface area contributed by atoms with Crippen molar-refractivity contribution in [2.75, 3.05) is 20.1 Å². The van der Waals surface area contributed by atoms with Crippen LogP contribution < -0.4 is 0 Å². The standard InChI is InChI=1S/C15H26N2O2/c1-12(18)10-16(2)11-15(19)17(14-8-9-14)13-6-4-3-5-7-13/h6,12,14,18H,3-5,7-11H2,1-2H3. The van der Waals surface area contributed by atoms with E-state index in [0.717, 1.165) is 25.7 Å². The van der Waals surface area contributed by atoms with Gasteiger partial charge in [0.25, 0.3) is 0 Å². The Morgan fingerprint density at radius 1 is 1.47 bits per heavy atom. The lowest BCUT2D eigenvalue weighted by Crippen LogP contribution is -2.41. The number of aliphatic hydroxyl groups excluding tert-OH is 1. The van der Waals surface area contributed by atoms with Gasteiger partial charge in [-0.25, -0.2) is 0 Å². The molecule has 1 N–H and O–H groups in total. The summed E-state index contributed by atoms with van der Waals surface area (Å²) in [6.07, 6.45) is 8.74. The average Bonchev–Trinajstić information content (AvgIpc) is 3.13. The highest BCUT2D eigenvalue weighted by Crippen LogP contribution is 2.33. The van der Waals surface area contributed by atoms with E-state index < -0.39 is 0 Å². The number of amides is 1. The van der Waals surface area contributed by atoms with Crippen LogP contribution in [0.25, 0.3) is 0 Å². The molecule has 0 radical (unpaired) electrons. The van der Waals surface area contributed by atoms with Crippen molar-refractivity contribution in [2.24, 2.45) is 0 Å². The Labute approximate surface area is 116 Å². The van der Waals surface area contributed by atoms with Gasteiger partial charge in [0.05, 0.1) is 12.6 Å². The molecule has 4 nitrogen and oxygen atoms in total. The number of allylic oxidation sites excluding steroid dienone is 2. The lowest BCUT2D eigenvalue weighted by Gasteiger charge is -2.29. The fourth-order valence-electron chi connectivity index (χ4n) is 2.79. The number of carbonyl (C=O) groups is 1. The van der Waals surface area contributed by atoms with Crippen molar-refractivity contribution < 1.29 is 9.90 Å². The predicted molar refractivity (Wildman–Crippen MR) is 75.6 cm³/mol. The molecule has 108 valence electrons. The second-order valence-corrected chi connectivity index (χ2v) is 5.98. The van der Waals surface area contributed by atoms with Crippen LogP contribution in [0.15, 0.2) is 11.8 Å². The molecule has 0 aliphatic heterocycles. The summed E-state index contributed by atoms with van der Waals surface area (Å²) in [7, 11) is 1.89. The van der Waals surface area contributed by atoms with Crippen molar-refractivity contribution in [1.29, 1.82) is 0 Å². The first kappa shape index (κ1) is 14.5. The first-order chi connectivity index (χ1) is 9.08. The quantitative estimate of drug-likeness (QED) is 0.796. The molecule has 1 amide bonds. The van der Waals surface area contributed by atoms with E-state index in [9.17, 15) is 9.90 Å².